The van der Waals surface area contributed by atoms with E-state index in [0.29, 0.717) is 23.9 Å². The van der Waals surface area contributed by atoms with Gasteiger partial charge in [0.2, 0.25) is 5.91 Å². The number of carbonyl (C=O) groups excluding carboxylic acids is 1. The van der Waals surface area contributed by atoms with Gasteiger partial charge in [0, 0.05) is 57.4 Å². The van der Waals surface area contributed by atoms with E-state index in [-0.39, 0.29) is 5.91 Å². The van der Waals surface area contributed by atoms with Crippen LogP contribution in [0.15, 0.2) is 12.1 Å². The van der Waals surface area contributed by atoms with Gasteiger partial charge in [-0.1, -0.05) is 0 Å². The van der Waals surface area contributed by atoms with Gasteiger partial charge in [-0.2, -0.15) is 0 Å². The fourth-order valence-electron chi connectivity index (χ4n) is 3.76. The highest BCUT2D eigenvalue weighted by Gasteiger charge is 2.27. The van der Waals surface area contributed by atoms with E-state index in [9.17, 15) is 4.79 Å². The summed E-state index contributed by atoms with van der Waals surface area (Å²) in [6.45, 7) is 10.3. The number of methoxy groups -OCH3 is 1. The normalized spacial score (nSPS) is 18.6. The van der Waals surface area contributed by atoms with Crippen LogP contribution in [0.4, 0.5) is 11.4 Å². The number of fused-ring (bicyclic) bond motifs is 1. The van der Waals surface area contributed by atoms with E-state index < -0.39 is 0 Å². The van der Waals surface area contributed by atoms with E-state index in [0.717, 1.165) is 56.9 Å². The van der Waals surface area contributed by atoms with Crippen molar-refractivity contribution in [2.45, 2.75) is 32.7 Å². The van der Waals surface area contributed by atoms with Crippen LogP contribution in [0.2, 0.25) is 0 Å². The fourth-order valence-corrected chi connectivity index (χ4v) is 3.76. The average molecular weight is 346 g/mol. The number of nitrogen functional groups attached to an aromatic ring is 1. The second-order valence-electron chi connectivity index (χ2n) is 7.24. The van der Waals surface area contributed by atoms with E-state index in [1.807, 2.05) is 17.0 Å². The molecule has 1 fully saturated rings. The average Bonchev–Trinajstić information content (AvgIpc) is 3.01. The van der Waals surface area contributed by atoms with Gasteiger partial charge in [0.25, 0.3) is 0 Å². The Hall–Kier alpha value is -1.79. The lowest BCUT2D eigenvalue weighted by Gasteiger charge is -2.37. The van der Waals surface area contributed by atoms with Crippen LogP contribution < -0.4 is 15.4 Å². The summed E-state index contributed by atoms with van der Waals surface area (Å²) in [5, 5.41) is 0. The number of benzene rings is 1. The molecule has 1 saturated heterocycles. The zero-order valence-electron chi connectivity index (χ0n) is 15.6. The number of nitrogens with two attached hydrogens (primary N) is 1. The number of nitrogens with zero attached hydrogens (tertiary/aromatic N) is 3. The molecule has 0 unspecified atom stereocenters. The minimum Gasteiger partial charge on any atom is -0.495 e. The van der Waals surface area contributed by atoms with Crippen molar-refractivity contribution in [3.05, 3.63) is 17.7 Å². The molecule has 138 valence electrons. The van der Waals surface area contributed by atoms with E-state index >= 15 is 0 Å². The van der Waals surface area contributed by atoms with Crippen LogP contribution in [-0.2, 0) is 11.2 Å². The summed E-state index contributed by atoms with van der Waals surface area (Å²) in [7, 11) is 1.62. The maximum atomic E-state index is 12.7. The van der Waals surface area contributed by atoms with Crippen molar-refractivity contribution in [1.82, 2.24) is 9.80 Å². The summed E-state index contributed by atoms with van der Waals surface area (Å²) < 4.78 is 5.28. The van der Waals surface area contributed by atoms with Crippen LogP contribution in [0, 0.1) is 0 Å². The molecule has 0 bridgehead atoms. The van der Waals surface area contributed by atoms with Crippen molar-refractivity contribution in [2.75, 3.05) is 57.0 Å². The number of anilines is 2. The van der Waals surface area contributed by atoms with Crippen LogP contribution in [0.1, 0.15) is 25.8 Å². The molecule has 1 amide bonds. The monoisotopic (exact) mass is 346 g/mol. The summed E-state index contributed by atoms with van der Waals surface area (Å²) in [6, 6.07) is 4.44. The first-order valence-corrected chi connectivity index (χ1v) is 9.22. The maximum Gasteiger partial charge on any atom is 0.228 e. The molecule has 2 aliphatic rings. The molecule has 0 atom stereocenters. The SMILES string of the molecule is COc1cc2c(cc1N)N(C(=O)CCN1CCN(C(C)C)CC1)CC2. The summed E-state index contributed by atoms with van der Waals surface area (Å²) in [5.41, 5.74) is 8.70. The summed E-state index contributed by atoms with van der Waals surface area (Å²) >= 11 is 0. The molecule has 0 aromatic heterocycles. The molecule has 0 saturated carbocycles. The Balaban J connectivity index is 1.55. The molecule has 1 aromatic rings. The summed E-state index contributed by atoms with van der Waals surface area (Å²) in [5.74, 6) is 0.880. The summed E-state index contributed by atoms with van der Waals surface area (Å²) in [6.07, 6.45) is 1.43. The van der Waals surface area contributed by atoms with Crippen molar-refractivity contribution < 1.29 is 9.53 Å². The van der Waals surface area contributed by atoms with Crippen molar-refractivity contribution in [2.24, 2.45) is 0 Å². The van der Waals surface area contributed by atoms with Crippen LogP contribution in [0.25, 0.3) is 0 Å². The molecule has 0 spiro atoms. The summed E-state index contributed by atoms with van der Waals surface area (Å²) in [4.78, 5) is 19.5. The fraction of sp³-hybridized carbons (Fsp3) is 0.632. The highest BCUT2D eigenvalue weighted by molar-refractivity contribution is 5.96. The molecule has 0 aliphatic carbocycles. The second-order valence-corrected chi connectivity index (χ2v) is 7.24. The Labute approximate surface area is 150 Å². The maximum absolute atomic E-state index is 12.7. The number of hydrogen-bond acceptors (Lipinski definition) is 5. The molecular formula is C19H30N4O2. The highest BCUT2D eigenvalue weighted by Crippen LogP contribution is 2.36. The first-order valence-electron chi connectivity index (χ1n) is 9.22. The van der Waals surface area contributed by atoms with Gasteiger partial charge in [0.15, 0.2) is 0 Å². The molecule has 25 heavy (non-hydrogen) atoms. The minimum absolute atomic E-state index is 0.189. The highest BCUT2D eigenvalue weighted by atomic mass is 16.5. The predicted octanol–water partition coefficient (Wildman–Crippen LogP) is 1.58. The Bertz CT molecular complexity index is 624. The molecule has 3 rings (SSSR count). The van der Waals surface area contributed by atoms with Gasteiger partial charge >= 0.3 is 0 Å². The molecule has 2 aliphatic heterocycles. The van der Waals surface area contributed by atoms with Gasteiger partial charge in [-0.3, -0.25) is 9.69 Å². The molecular weight excluding hydrogens is 316 g/mol. The van der Waals surface area contributed by atoms with Gasteiger partial charge in [-0.05, 0) is 38.0 Å². The van der Waals surface area contributed by atoms with Gasteiger partial charge in [-0.25, -0.2) is 0 Å². The predicted molar refractivity (Wildman–Crippen MR) is 101 cm³/mol. The Morgan fingerprint density at radius 1 is 1.20 bits per heavy atom. The van der Waals surface area contributed by atoms with E-state index in [1.54, 1.807) is 7.11 Å². The van der Waals surface area contributed by atoms with Crippen molar-refractivity contribution in [3.63, 3.8) is 0 Å². The smallest absolute Gasteiger partial charge is 0.228 e. The topological polar surface area (TPSA) is 62.0 Å². The number of ether oxygens (including phenoxy) is 1. The Morgan fingerprint density at radius 2 is 1.92 bits per heavy atom. The lowest BCUT2D eigenvalue weighted by Crippen LogP contribution is -2.49. The van der Waals surface area contributed by atoms with Gasteiger partial charge in [0.05, 0.1) is 12.8 Å². The zero-order valence-corrected chi connectivity index (χ0v) is 15.6. The molecule has 1 aromatic carbocycles. The van der Waals surface area contributed by atoms with E-state index in [1.165, 1.54) is 0 Å². The third-order valence-electron chi connectivity index (χ3n) is 5.41. The van der Waals surface area contributed by atoms with Gasteiger partial charge in [-0.15, -0.1) is 0 Å². The third kappa shape index (κ3) is 3.90. The van der Waals surface area contributed by atoms with Crippen LogP contribution >= 0.6 is 0 Å². The largest absolute Gasteiger partial charge is 0.495 e. The number of rotatable bonds is 5. The first kappa shape index (κ1) is 18.0. The minimum atomic E-state index is 0.189. The lowest BCUT2D eigenvalue weighted by molar-refractivity contribution is -0.119. The Morgan fingerprint density at radius 3 is 2.56 bits per heavy atom. The van der Waals surface area contributed by atoms with E-state index in [4.69, 9.17) is 10.5 Å². The van der Waals surface area contributed by atoms with Gasteiger partial charge < -0.3 is 20.3 Å². The van der Waals surface area contributed by atoms with Crippen molar-refractivity contribution >= 4 is 17.3 Å². The van der Waals surface area contributed by atoms with Crippen LogP contribution in [-0.4, -0.2) is 68.1 Å². The van der Waals surface area contributed by atoms with Crippen molar-refractivity contribution in [3.8, 4) is 5.75 Å². The van der Waals surface area contributed by atoms with Crippen molar-refractivity contribution in [1.29, 1.82) is 0 Å². The van der Waals surface area contributed by atoms with E-state index in [2.05, 4.69) is 23.6 Å². The molecule has 0 radical (unpaired) electrons. The number of piperazine rings is 1. The number of carbonyl (C=O) groups is 1. The number of amides is 1. The Kier molecular flexibility index (Phi) is 5.49. The quantitative estimate of drug-likeness (QED) is 0.820. The lowest BCUT2D eigenvalue weighted by atomic mass is 10.1. The van der Waals surface area contributed by atoms with Crippen LogP contribution in [0.3, 0.4) is 0 Å². The number of hydrogen-bond donors (Lipinski definition) is 1. The first-order chi connectivity index (χ1) is 12.0. The zero-order chi connectivity index (χ0) is 18.0. The molecule has 6 heteroatoms. The standard InChI is InChI=1S/C19H30N4O2/c1-14(2)22-10-8-21(9-11-22)6-5-19(24)23-7-4-15-12-18(25-3)16(20)13-17(15)23/h12-14H,4-11,20H2,1-3H3. The molecule has 6 nitrogen and oxygen atoms in total. The molecule has 2 N–H and O–H groups in total. The third-order valence-corrected chi connectivity index (χ3v) is 5.41. The van der Waals surface area contributed by atoms with Crippen LogP contribution in [0.5, 0.6) is 5.75 Å². The second kappa shape index (κ2) is 7.62. The van der Waals surface area contributed by atoms with Gasteiger partial charge in [0.1, 0.15) is 5.75 Å². The molecule has 2 heterocycles.